The van der Waals surface area contributed by atoms with Crippen molar-refractivity contribution in [1.82, 2.24) is 4.90 Å². The Kier molecular flexibility index (Phi) is 3.55. The number of nitrogens with zero attached hydrogens (tertiary/aromatic N) is 2. The van der Waals surface area contributed by atoms with Crippen molar-refractivity contribution in [1.29, 1.82) is 5.26 Å². The van der Waals surface area contributed by atoms with Crippen molar-refractivity contribution in [2.75, 3.05) is 13.1 Å². The second kappa shape index (κ2) is 5.11. The summed E-state index contributed by atoms with van der Waals surface area (Å²) in [5.41, 5.74) is 7.60. The van der Waals surface area contributed by atoms with Gasteiger partial charge in [0, 0.05) is 25.7 Å². The van der Waals surface area contributed by atoms with Crippen molar-refractivity contribution in [3.05, 3.63) is 35.4 Å². The zero-order valence-electron chi connectivity index (χ0n) is 9.39. The first-order chi connectivity index (χ1) is 7.83. The summed E-state index contributed by atoms with van der Waals surface area (Å²) in [7, 11) is 0. The highest BCUT2D eigenvalue weighted by atomic mass is 15.2. The van der Waals surface area contributed by atoms with Crippen LogP contribution in [0.15, 0.2) is 24.3 Å². The SMILES string of the molecule is N#Cc1ccc(CN(CCN)C2CC2)cc1. The maximum Gasteiger partial charge on any atom is 0.0991 e. The van der Waals surface area contributed by atoms with Crippen LogP contribution in [0.3, 0.4) is 0 Å². The summed E-state index contributed by atoms with van der Waals surface area (Å²) in [4.78, 5) is 2.43. The summed E-state index contributed by atoms with van der Waals surface area (Å²) < 4.78 is 0. The average molecular weight is 215 g/mol. The monoisotopic (exact) mass is 215 g/mol. The number of nitrogens with two attached hydrogens (primary N) is 1. The van der Waals surface area contributed by atoms with E-state index in [2.05, 4.69) is 11.0 Å². The minimum Gasteiger partial charge on any atom is -0.329 e. The van der Waals surface area contributed by atoms with Crippen LogP contribution in [0.25, 0.3) is 0 Å². The summed E-state index contributed by atoms with van der Waals surface area (Å²) in [5, 5.41) is 8.72. The van der Waals surface area contributed by atoms with Crippen LogP contribution in [-0.2, 0) is 6.54 Å². The van der Waals surface area contributed by atoms with Gasteiger partial charge in [-0.15, -0.1) is 0 Å². The molecule has 1 aromatic rings. The molecule has 16 heavy (non-hydrogen) atoms. The van der Waals surface area contributed by atoms with Gasteiger partial charge < -0.3 is 5.73 Å². The second-order valence-corrected chi connectivity index (χ2v) is 4.30. The van der Waals surface area contributed by atoms with Gasteiger partial charge in [-0.1, -0.05) is 12.1 Å². The van der Waals surface area contributed by atoms with E-state index in [9.17, 15) is 0 Å². The molecule has 1 aliphatic rings. The van der Waals surface area contributed by atoms with Gasteiger partial charge in [0.15, 0.2) is 0 Å². The van der Waals surface area contributed by atoms with Crippen LogP contribution >= 0.6 is 0 Å². The maximum absolute atomic E-state index is 8.72. The predicted molar refractivity (Wildman–Crippen MR) is 63.6 cm³/mol. The molecule has 0 aromatic heterocycles. The van der Waals surface area contributed by atoms with Crippen molar-refractivity contribution in [3.8, 4) is 6.07 Å². The van der Waals surface area contributed by atoms with Crippen LogP contribution in [-0.4, -0.2) is 24.0 Å². The van der Waals surface area contributed by atoms with E-state index in [-0.39, 0.29) is 0 Å². The molecule has 0 amide bonds. The van der Waals surface area contributed by atoms with E-state index in [1.165, 1.54) is 18.4 Å². The third-order valence-corrected chi connectivity index (χ3v) is 2.95. The molecule has 0 heterocycles. The Morgan fingerprint density at radius 1 is 1.31 bits per heavy atom. The van der Waals surface area contributed by atoms with Gasteiger partial charge in [-0.2, -0.15) is 5.26 Å². The Hall–Kier alpha value is -1.37. The lowest BCUT2D eigenvalue weighted by atomic mass is 10.1. The molecule has 3 nitrogen and oxygen atoms in total. The number of rotatable bonds is 5. The smallest absolute Gasteiger partial charge is 0.0991 e. The molecule has 2 rings (SSSR count). The highest BCUT2D eigenvalue weighted by Gasteiger charge is 2.28. The summed E-state index contributed by atoms with van der Waals surface area (Å²) >= 11 is 0. The predicted octanol–water partition coefficient (Wildman–Crippen LogP) is 1.48. The van der Waals surface area contributed by atoms with E-state index in [1.54, 1.807) is 0 Å². The van der Waals surface area contributed by atoms with E-state index in [0.29, 0.717) is 6.54 Å². The van der Waals surface area contributed by atoms with Gasteiger partial charge in [0.1, 0.15) is 0 Å². The topological polar surface area (TPSA) is 53.0 Å². The standard InChI is InChI=1S/C13H17N3/c14-7-8-16(13-5-6-13)10-12-3-1-11(9-15)2-4-12/h1-4,13H,5-8,10,14H2. The molecular weight excluding hydrogens is 198 g/mol. The number of hydrogen-bond acceptors (Lipinski definition) is 3. The molecular formula is C13H17N3. The van der Waals surface area contributed by atoms with Gasteiger partial charge in [-0.25, -0.2) is 0 Å². The van der Waals surface area contributed by atoms with Crippen LogP contribution in [0.1, 0.15) is 24.0 Å². The summed E-state index contributed by atoms with van der Waals surface area (Å²) in [6, 6.07) is 10.7. The van der Waals surface area contributed by atoms with Gasteiger partial charge in [0.2, 0.25) is 0 Å². The highest BCUT2D eigenvalue weighted by Crippen LogP contribution is 2.27. The van der Waals surface area contributed by atoms with Crippen molar-refractivity contribution >= 4 is 0 Å². The molecule has 1 saturated carbocycles. The lowest BCUT2D eigenvalue weighted by Gasteiger charge is -2.21. The fourth-order valence-corrected chi connectivity index (χ4v) is 1.92. The fourth-order valence-electron chi connectivity index (χ4n) is 1.92. The molecule has 0 aliphatic heterocycles. The lowest BCUT2D eigenvalue weighted by molar-refractivity contribution is 0.262. The van der Waals surface area contributed by atoms with Crippen molar-refractivity contribution in [3.63, 3.8) is 0 Å². The number of hydrogen-bond donors (Lipinski definition) is 1. The second-order valence-electron chi connectivity index (χ2n) is 4.30. The summed E-state index contributed by atoms with van der Waals surface area (Å²) in [5.74, 6) is 0. The Morgan fingerprint density at radius 2 is 2.00 bits per heavy atom. The van der Waals surface area contributed by atoms with E-state index in [4.69, 9.17) is 11.0 Å². The van der Waals surface area contributed by atoms with Crippen LogP contribution in [0.5, 0.6) is 0 Å². The van der Waals surface area contributed by atoms with Gasteiger partial charge in [-0.05, 0) is 30.5 Å². The molecule has 0 atom stereocenters. The highest BCUT2D eigenvalue weighted by molar-refractivity contribution is 5.31. The molecule has 0 saturated heterocycles. The van der Waals surface area contributed by atoms with E-state index >= 15 is 0 Å². The van der Waals surface area contributed by atoms with Crippen LogP contribution in [0.4, 0.5) is 0 Å². The van der Waals surface area contributed by atoms with Gasteiger partial charge in [0.05, 0.1) is 11.6 Å². The molecule has 84 valence electrons. The average Bonchev–Trinajstić information content (AvgIpc) is 3.13. The molecule has 3 heteroatoms. The minimum absolute atomic E-state index is 0.715. The molecule has 0 spiro atoms. The molecule has 1 aromatic carbocycles. The third kappa shape index (κ3) is 2.82. The molecule has 0 radical (unpaired) electrons. The number of benzene rings is 1. The van der Waals surface area contributed by atoms with Crippen LogP contribution < -0.4 is 5.73 Å². The Balaban J connectivity index is 1.98. The third-order valence-electron chi connectivity index (χ3n) is 2.95. The first-order valence-electron chi connectivity index (χ1n) is 5.76. The quantitative estimate of drug-likeness (QED) is 0.809. The first-order valence-corrected chi connectivity index (χ1v) is 5.76. The molecule has 1 aliphatic carbocycles. The lowest BCUT2D eigenvalue weighted by Crippen LogP contribution is -2.30. The zero-order valence-corrected chi connectivity index (χ0v) is 9.39. The normalized spacial score (nSPS) is 15.1. The fraction of sp³-hybridized carbons (Fsp3) is 0.462. The van der Waals surface area contributed by atoms with E-state index in [1.807, 2.05) is 24.3 Å². The minimum atomic E-state index is 0.715. The summed E-state index contributed by atoms with van der Waals surface area (Å²) in [6.45, 7) is 2.63. The first kappa shape index (κ1) is 11.1. The van der Waals surface area contributed by atoms with Crippen LogP contribution in [0.2, 0.25) is 0 Å². The Bertz CT molecular complexity index is 373. The van der Waals surface area contributed by atoms with Crippen LogP contribution in [0, 0.1) is 11.3 Å². The largest absolute Gasteiger partial charge is 0.329 e. The van der Waals surface area contributed by atoms with Gasteiger partial charge in [-0.3, -0.25) is 4.90 Å². The Morgan fingerprint density at radius 3 is 2.50 bits per heavy atom. The van der Waals surface area contributed by atoms with E-state index in [0.717, 1.165) is 24.7 Å². The van der Waals surface area contributed by atoms with Gasteiger partial charge in [0.25, 0.3) is 0 Å². The Labute approximate surface area is 96.5 Å². The van der Waals surface area contributed by atoms with Crippen molar-refractivity contribution < 1.29 is 0 Å². The zero-order chi connectivity index (χ0) is 11.4. The van der Waals surface area contributed by atoms with Crippen molar-refractivity contribution in [2.45, 2.75) is 25.4 Å². The molecule has 0 unspecified atom stereocenters. The molecule has 1 fully saturated rings. The van der Waals surface area contributed by atoms with Gasteiger partial charge >= 0.3 is 0 Å². The summed E-state index contributed by atoms with van der Waals surface area (Å²) in [6.07, 6.45) is 2.60. The van der Waals surface area contributed by atoms with Crippen molar-refractivity contribution in [2.24, 2.45) is 5.73 Å². The molecule has 0 bridgehead atoms. The molecule has 2 N–H and O–H groups in total. The number of nitriles is 1. The maximum atomic E-state index is 8.72. The van der Waals surface area contributed by atoms with E-state index < -0.39 is 0 Å².